The number of nitrogens with one attached hydrogen (secondary N) is 1. The van der Waals surface area contributed by atoms with Crippen LogP contribution >= 0.6 is 0 Å². The molecule has 4 aromatic heterocycles. The lowest BCUT2D eigenvalue weighted by Crippen LogP contribution is -2.44. The average Bonchev–Trinajstić information content (AvgIpc) is 3.32. The highest BCUT2D eigenvalue weighted by Crippen LogP contribution is 2.28. The van der Waals surface area contributed by atoms with Gasteiger partial charge in [0.2, 0.25) is 5.95 Å². The fourth-order valence-corrected chi connectivity index (χ4v) is 5.15. The van der Waals surface area contributed by atoms with Crippen LogP contribution in [0.4, 0.5) is 17.3 Å². The highest BCUT2D eigenvalue weighted by molar-refractivity contribution is 5.96. The molecule has 0 radical (unpaired) electrons. The number of hydrogen-bond acceptors (Lipinski definition) is 10. The van der Waals surface area contributed by atoms with Crippen molar-refractivity contribution in [2.75, 3.05) is 43.4 Å². The molecule has 1 saturated heterocycles. The summed E-state index contributed by atoms with van der Waals surface area (Å²) >= 11 is 0. The number of anilines is 3. The average molecular weight is 548 g/mol. The Hall–Kier alpha value is -5.36. The minimum Gasteiger partial charge on any atom is -0.429 e. The van der Waals surface area contributed by atoms with Gasteiger partial charge in [-0.25, -0.2) is 19.6 Å². The van der Waals surface area contributed by atoms with Crippen molar-refractivity contribution < 1.29 is 9.53 Å². The van der Waals surface area contributed by atoms with Gasteiger partial charge < -0.3 is 19.9 Å². The molecule has 0 saturated carbocycles. The Morgan fingerprint density at radius 2 is 1.76 bits per heavy atom. The lowest BCUT2D eigenvalue weighted by molar-refractivity contribution is -0.120. The van der Waals surface area contributed by atoms with Gasteiger partial charge in [-0.3, -0.25) is 9.59 Å². The molecule has 6 aromatic rings. The molecule has 1 fully saturated rings. The normalized spacial score (nSPS) is 14.1. The van der Waals surface area contributed by atoms with Crippen LogP contribution in [0.2, 0.25) is 0 Å². The smallest absolute Gasteiger partial charge is 0.298 e. The summed E-state index contributed by atoms with van der Waals surface area (Å²) in [5.41, 5.74) is 2.89. The van der Waals surface area contributed by atoms with Gasteiger partial charge in [0.25, 0.3) is 12.0 Å². The van der Waals surface area contributed by atoms with E-state index in [-0.39, 0.29) is 16.6 Å². The maximum atomic E-state index is 13.8. The van der Waals surface area contributed by atoms with E-state index < -0.39 is 0 Å². The lowest BCUT2D eigenvalue weighted by Gasteiger charge is -2.34. The van der Waals surface area contributed by atoms with Crippen molar-refractivity contribution in [3.05, 3.63) is 83.4 Å². The van der Waals surface area contributed by atoms with Gasteiger partial charge in [0.1, 0.15) is 11.1 Å². The van der Waals surface area contributed by atoms with Gasteiger partial charge in [-0.05, 0) is 55.6 Å². The molecule has 7 rings (SSSR count). The summed E-state index contributed by atoms with van der Waals surface area (Å²) in [6.45, 7) is 4.43. The van der Waals surface area contributed by atoms with E-state index >= 15 is 0 Å². The van der Waals surface area contributed by atoms with Gasteiger partial charge >= 0.3 is 0 Å². The first-order valence-corrected chi connectivity index (χ1v) is 13.2. The van der Waals surface area contributed by atoms with Gasteiger partial charge in [0.05, 0.1) is 5.52 Å². The topological polar surface area (TPSA) is 123 Å². The quantitative estimate of drug-likeness (QED) is 0.311. The molecule has 0 atom stereocenters. The molecule has 1 N–H and O–H groups in total. The Kier molecular flexibility index (Phi) is 6.01. The van der Waals surface area contributed by atoms with Crippen molar-refractivity contribution in [1.82, 2.24) is 34.0 Å². The molecule has 0 aliphatic carbocycles. The number of ether oxygens (including phenoxy) is 1. The second-order valence-corrected chi connectivity index (χ2v) is 9.84. The zero-order valence-corrected chi connectivity index (χ0v) is 22.1. The third-order valence-electron chi connectivity index (χ3n) is 7.28. The number of carbonyl (C=O) groups excluding carboxylic acids is 1. The maximum absolute atomic E-state index is 13.8. The van der Waals surface area contributed by atoms with Crippen LogP contribution in [0.15, 0.2) is 77.9 Å². The Balaban J connectivity index is 1.30. The van der Waals surface area contributed by atoms with Crippen LogP contribution < -0.4 is 20.5 Å². The molecule has 0 amide bonds. The summed E-state index contributed by atoms with van der Waals surface area (Å²) in [6.07, 6.45) is 3.11. The molecule has 204 valence electrons. The van der Waals surface area contributed by atoms with E-state index in [1.807, 2.05) is 18.2 Å². The number of carbonyl (C=O) groups is 1. The van der Waals surface area contributed by atoms with Gasteiger partial charge in [-0.1, -0.05) is 6.07 Å². The third-order valence-corrected chi connectivity index (χ3v) is 7.28. The highest BCUT2D eigenvalue weighted by atomic mass is 16.5. The van der Waals surface area contributed by atoms with Crippen molar-refractivity contribution in [3.8, 4) is 11.6 Å². The van der Waals surface area contributed by atoms with E-state index in [1.54, 1.807) is 41.2 Å². The number of hydrogen-bond donors (Lipinski definition) is 1. The standard InChI is InChI=1S/C29H25N9O3/c1-35-12-14-36(15-13-35)20-7-5-19(6-8-20)32-29-31-17-23-26(34-29)33-27-22-10-9-21(41-18-39)16-24(22)37(38(27)28(23)40)25-4-2-3-11-30-25/h2-11,16-18H,12-15H2,1H3,(H,31,32,34). The summed E-state index contributed by atoms with van der Waals surface area (Å²) in [5.74, 6) is 1.16. The molecule has 1 aliphatic rings. The Labute approximate surface area is 233 Å². The lowest BCUT2D eigenvalue weighted by atomic mass is 10.2. The van der Waals surface area contributed by atoms with Crippen LogP contribution in [0, 0.1) is 0 Å². The summed E-state index contributed by atoms with van der Waals surface area (Å²) < 4.78 is 8.15. The fourth-order valence-electron chi connectivity index (χ4n) is 5.15. The summed E-state index contributed by atoms with van der Waals surface area (Å²) in [5, 5.41) is 4.15. The van der Waals surface area contributed by atoms with Gasteiger partial charge in [0.15, 0.2) is 17.1 Å². The van der Waals surface area contributed by atoms with Crippen LogP contribution in [-0.2, 0) is 4.79 Å². The molecule has 0 unspecified atom stereocenters. The van der Waals surface area contributed by atoms with Crippen molar-refractivity contribution in [2.24, 2.45) is 0 Å². The molecule has 5 heterocycles. The monoisotopic (exact) mass is 547 g/mol. The number of rotatable bonds is 6. The first-order valence-electron chi connectivity index (χ1n) is 13.2. The predicted octanol–water partition coefficient (Wildman–Crippen LogP) is 3.01. The van der Waals surface area contributed by atoms with Gasteiger partial charge in [-0.15, -0.1) is 0 Å². The second kappa shape index (κ2) is 9.99. The number of pyridine rings is 1. The van der Waals surface area contributed by atoms with Gasteiger partial charge in [0, 0.05) is 61.4 Å². The maximum Gasteiger partial charge on any atom is 0.298 e. The molecule has 12 nitrogen and oxygen atoms in total. The molecule has 1 aliphatic heterocycles. The number of likely N-dealkylation sites (N-methyl/N-ethyl adjacent to an activating group) is 1. The van der Waals surface area contributed by atoms with Gasteiger partial charge in [-0.2, -0.15) is 9.50 Å². The fraction of sp³-hybridized carbons (Fsp3) is 0.172. The van der Waals surface area contributed by atoms with E-state index in [0.717, 1.165) is 31.9 Å². The summed E-state index contributed by atoms with van der Waals surface area (Å²) in [6, 6.07) is 18.6. The van der Waals surface area contributed by atoms with E-state index in [4.69, 9.17) is 9.72 Å². The van der Waals surface area contributed by atoms with E-state index in [1.165, 1.54) is 16.4 Å². The first kappa shape index (κ1) is 24.7. The number of aromatic nitrogens is 6. The third kappa shape index (κ3) is 4.39. The first-order chi connectivity index (χ1) is 20.1. The SMILES string of the molecule is CN1CCN(c2ccc(Nc3ncc4c(=O)n5c(nc4n3)c3ccc(OC=O)cc3n5-c3ccccn3)cc2)CC1. The largest absolute Gasteiger partial charge is 0.429 e. The molecule has 2 aromatic carbocycles. The van der Waals surface area contributed by atoms with Crippen molar-refractivity contribution in [2.45, 2.75) is 0 Å². The Morgan fingerprint density at radius 1 is 0.927 bits per heavy atom. The molecule has 0 bridgehead atoms. The summed E-state index contributed by atoms with van der Waals surface area (Å²) in [4.78, 5) is 47.7. The predicted molar refractivity (Wildman–Crippen MR) is 155 cm³/mol. The molecule has 12 heteroatoms. The Bertz CT molecular complexity index is 1960. The number of piperazine rings is 1. The summed E-state index contributed by atoms with van der Waals surface area (Å²) in [7, 11) is 2.14. The van der Waals surface area contributed by atoms with Crippen LogP contribution in [0.5, 0.6) is 5.75 Å². The number of nitrogens with zero attached hydrogens (tertiary/aromatic N) is 8. The van der Waals surface area contributed by atoms with E-state index in [2.05, 4.69) is 49.2 Å². The Morgan fingerprint density at radius 3 is 2.51 bits per heavy atom. The molecular formula is C29H25N9O3. The van der Waals surface area contributed by atoms with Crippen molar-refractivity contribution in [1.29, 1.82) is 0 Å². The number of benzene rings is 2. The van der Waals surface area contributed by atoms with E-state index in [9.17, 15) is 9.59 Å². The molecular weight excluding hydrogens is 522 g/mol. The molecule has 41 heavy (non-hydrogen) atoms. The zero-order chi connectivity index (χ0) is 27.9. The van der Waals surface area contributed by atoms with Crippen LogP contribution in [-0.4, -0.2) is 73.7 Å². The van der Waals surface area contributed by atoms with Crippen molar-refractivity contribution in [3.63, 3.8) is 0 Å². The van der Waals surface area contributed by atoms with Crippen molar-refractivity contribution >= 4 is 51.4 Å². The minimum absolute atomic E-state index is 0.253. The van der Waals surface area contributed by atoms with Crippen LogP contribution in [0.3, 0.4) is 0 Å². The minimum atomic E-state index is -0.354. The van der Waals surface area contributed by atoms with Crippen LogP contribution in [0.25, 0.3) is 33.4 Å². The number of fused-ring (bicyclic) bond motifs is 4. The highest BCUT2D eigenvalue weighted by Gasteiger charge is 2.20. The second-order valence-electron chi connectivity index (χ2n) is 9.84. The van der Waals surface area contributed by atoms with E-state index in [0.29, 0.717) is 40.5 Å². The van der Waals surface area contributed by atoms with Crippen LogP contribution in [0.1, 0.15) is 0 Å². The zero-order valence-electron chi connectivity index (χ0n) is 22.1. The molecule has 0 spiro atoms.